The molecular formula is C13H17ClFNO2S. The molecule has 1 saturated carbocycles. The minimum Gasteiger partial charge on any atom is -0.207 e. The lowest BCUT2D eigenvalue weighted by Crippen LogP contribution is -2.51. The van der Waals surface area contributed by atoms with E-state index in [1.165, 1.54) is 18.2 Å². The lowest BCUT2D eigenvalue weighted by atomic mass is 9.84. The van der Waals surface area contributed by atoms with Crippen molar-refractivity contribution in [3.05, 3.63) is 30.1 Å². The van der Waals surface area contributed by atoms with Crippen LogP contribution in [0, 0.1) is 5.82 Å². The Morgan fingerprint density at radius 1 is 1.21 bits per heavy atom. The first-order valence-corrected chi connectivity index (χ1v) is 8.35. The summed E-state index contributed by atoms with van der Waals surface area (Å²) < 4.78 is 40.8. The topological polar surface area (TPSA) is 46.2 Å². The van der Waals surface area contributed by atoms with Crippen LogP contribution in [0.25, 0.3) is 0 Å². The van der Waals surface area contributed by atoms with Crippen LogP contribution in [0.5, 0.6) is 0 Å². The standard InChI is InChI=1S/C13H17ClFNO2S/c14-10-13(8-4-1-5-9-13)16-19(17,18)12-7-3-2-6-11(12)15/h2-3,6-7,16H,1,4-5,8-10H2. The van der Waals surface area contributed by atoms with Gasteiger partial charge in [-0.15, -0.1) is 11.6 Å². The van der Waals surface area contributed by atoms with Crippen LogP contribution in [0.3, 0.4) is 0 Å². The zero-order valence-electron chi connectivity index (χ0n) is 10.5. The fourth-order valence-electron chi connectivity index (χ4n) is 2.49. The molecule has 0 amide bonds. The molecule has 1 aromatic carbocycles. The Hall–Kier alpha value is -0.650. The van der Waals surface area contributed by atoms with Crippen molar-refractivity contribution in [1.29, 1.82) is 0 Å². The van der Waals surface area contributed by atoms with Crippen LogP contribution in [0.1, 0.15) is 32.1 Å². The average Bonchev–Trinajstić information content (AvgIpc) is 2.39. The number of halogens is 2. The molecule has 0 unspecified atom stereocenters. The highest BCUT2D eigenvalue weighted by Crippen LogP contribution is 2.31. The van der Waals surface area contributed by atoms with E-state index in [2.05, 4.69) is 4.72 Å². The van der Waals surface area contributed by atoms with Crippen molar-refractivity contribution in [2.24, 2.45) is 0 Å². The Kier molecular flexibility index (Phi) is 4.48. The number of sulfonamides is 1. The Balaban J connectivity index is 2.28. The number of benzene rings is 1. The fourth-order valence-corrected chi connectivity index (χ4v) is 4.45. The van der Waals surface area contributed by atoms with Crippen molar-refractivity contribution in [2.75, 3.05) is 5.88 Å². The third-order valence-corrected chi connectivity index (χ3v) is 5.67. The van der Waals surface area contributed by atoms with E-state index in [-0.39, 0.29) is 10.8 Å². The van der Waals surface area contributed by atoms with Crippen LogP contribution >= 0.6 is 11.6 Å². The van der Waals surface area contributed by atoms with E-state index in [0.717, 1.165) is 25.3 Å². The molecule has 3 nitrogen and oxygen atoms in total. The molecule has 1 aromatic rings. The number of hydrogen-bond donors (Lipinski definition) is 1. The van der Waals surface area contributed by atoms with Crippen molar-refractivity contribution >= 4 is 21.6 Å². The number of alkyl halides is 1. The molecule has 6 heteroatoms. The maximum Gasteiger partial charge on any atom is 0.244 e. The summed E-state index contributed by atoms with van der Waals surface area (Å²) >= 11 is 5.95. The van der Waals surface area contributed by atoms with Gasteiger partial charge in [0, 0.05) is 11.4 Å². The fraction of sp³-hybridized carbons (Fsp3) is 0.538. The maximum absolute atomic E-state index is 13.6. The Morgan fingerprint density at radius 2 is 1.84 bits per heavy atom. The van der Waals surface area contributed by atoms with Gasteiger partial charge >= 0.3 is 0 Å². The smallest absolute Gasteiger partial charge is 0.207 e. The molecule has 0 bridgehead atoms. The molecule has 0 heterocycles. The van der Waals surface area contributed by atoms with Crippen molar-refractivity contribution < 1.29 is 12.8 Å². The second-order valence-electron chi connectivity index (χ2n) is 5.01. The number of nitrogens with one attached hydrogen (secondary N) is 1. The molecule has 0 aliphatic heterocycles. The predicted octanol–water partition coefficient (Wildman–Crippen LogP) is 3.05. The minimum absolute atomic E-state index is 0.209. The molecule has 1 aliphatic carbocycles. The molecule has 1 fully saturated rings. The third kappa shape index (κ3) is 3.27. The first kappa shape index (κ1) is 14.8. The highest BCUT2D eigenvalue weighted by Gasteiger charge is 2.36. The first-order valence-electron chi connectivity index (χ1n) is 6.34. The Morgan fingerprint density at radius 3 is 2.42 bits per heavy atom. The maximum atomic E-state index is 13.6. The summed E-state index contributed by atoms with van der Waals surface area (Å²) in [6.07, 6.45) is 4.35. The van der Waals surface area contributed by atoms with Gasteiger partial charge in [-0.25, -0.2) is 17.5 Å². The zero-order chi connectivity index (χ0) is 13.9. The molecule has 0 radical (unpaired) electrons. The second kappa shape index (κ2) is 5.77. The van der Waals surface area contributed by atoms with Crippen LogP contribution in [-0.2, 0) is 10.0 Å². The van der Waals surface area contributed by atoms with Crippen LogP contribution in [0.4, 0.5) is 4.39 Å². The van der Waals surface area contributed by atoms with Crippen LogP contribution in [-0.4, -0.2) is 19.8 Å². The lowest BCUT2D eigenvalue weighted by molar-refractivity contribution is 0.297. The van der Waals surface area contributed by atoms with Crippen LogP contribution in [0.15, 0.2) is 29.2 Å². The van der Waals surface area contributed by atoms with Gasteiger partial charge < -0.3 is 0 Å². The largest absolute Gasteiger partial charge is 0.244 e. The first-order chi connectivity index (χ1) is 8.99. The molecule has 0 saturated heterocycles. The van der Waals surface area contributed by atoms with E-state index in [1.807, 2.05) is 0 Å². The molecule has 2 rings (SSSR count). The monoisotopic (exact) mass is 305 g/mol. The van der Waals surface area contributed by atoms with E-state index in [0.29, 0.717) is 12.8 Å². The lowest BCUT2D eigenvalue weighted by Gasteiger charge is -2.36. The molecular weight excluding hydrogens is 289 g/mol. The van der Waals surface area contributed by atoms with E-state index in [9.17, 15) is 12.8 Å². The Labute approximate surface area is 118 Å². The van der Waals surface area contributed by atoms with Gasteiger partial charge in [-0.3, -0.25) is 0 Å². The van der Waals surface area contributed by atoms with Crippen molar-refractivity contribution in [3.8, 4) is 0 Å². The highest BCUT2D eigenvalue weighted by atomic mass is 35.5. The Bertz CT molecular complexity index is 541. The summed E-state index contributed by atoms with van der Waals surface area (Å²) in [5.74, 6) is -0.531. The van der Waals surface area contributed by atoms with Gasteiger partial charge in [-0.1, -0.05) is 31.4 Å². The normalized spacial score (nSPS) is 19.3. The van der Waals surface area contributed by atoms with Crippen molar-refractivity contribution in [3.63, 3.8) is 0 Å². The predicted molar refractivity (Wildman–Crippen MR) is 73.3 cm³/mol. The van der Waals surface area contributed by atoms with Gasteiger partial charge in [0.05, 0.1) is 0 Å². The molecule has 0 spiro atoms. The number of hydrogen-bond acceptors (Lipinski definition) is 2. The summed E-state index contributed by atoms with van der Waals surface area (Å²) in [6.45, 7) is 0. The molecule has 1 aliphatic rings. The van der Waals surface area contributed by atoms with E-state index < -0.39 is 21.4 Å². The molecule has 19 heavy (non-hydrogen) atoms. The molecule has 0 atom stereocenters. The summed E-state index contributed by atoms with van der Waals surface area (Å²) in [6, 6.07) is 5.38. The van der Waals surface area contributed by atoms with Crippen molar-refractivity contribution in [1.82, 2.24) is 4.72 Å². The summed E-state index contributed by atoms with van der Waals surface area (Å²) in [5.41, 5.74) is -0.638. The summed E-state index contributed by atoms with van der Waals surface area (Å²) in [4.78, 5) is -0.315. The third-order valence-electron chi connectivity index (χ3n) is 3.54. The summed E-state index contributed by atoms with van der Waals surface area (Å²) in [7, 11) is -3.87. The van der Waals surface area contributed by atoms with Gasteiger partial charge in [0.25, 0.3) is 0 Å². The molecule has 0 aromatic heterocycles. The average molecular weight is 306 g/mol. The van der Waals surface area contributed by atoms with Gasteiger partial charge in [-0.05, 0) is 25.0 Å². The zero-order valence-corrected chi connectivity index (χ0v) is 12.1. The van der Waals surface area contributed by atoms with E-state index >= 15 is 0 Å². The summed E-state index contributed by atoms with van der Waals surface area (Å²) in [5, 5.41) is 0. The van der Waals surface area contributed by atoms with E-state index in [4.69, 9.17) is 11.6 Å². The quantitative estimate of drug-likeness (QED) is 0.869. The van der Waals surface area contributed by atoms with E-state index in [1.54, 1.807) is 0 Å². The minimum atomic E-state index is -3.87. The van der Waals surface area contributed by atoms with Gasteiger partial charge in [0.2, 0.25) is 10.0 Å². The van der Waals surface area contributed by atoms with Gasteiger partial charge in [-0.2, -0.15) is 0 Å². The SMILES string of the molecule is O=S(=O)(NC1(CCl)CCCCC1)c1ccccc1F. The van der Waals surface area contributed by atoms with Crippen LogP contribution < -0.4 is 4.72 Å². The molecule has 106 valence electrons. The van der Waals surface area contributed by atoms with Crippen LogP contribution in [0.2, 0.25) is 0 Å². The van der Waals surface area contributed by atoms with Crippen molar-refractivity contribution in [2.45, 2.75) is 42.5 Å². The van der Waals surface area contributed by atoms with Gasteiger partial charge in [0.1, 0.15) is 10.7 Å². The second-order valence-corrected chi connectivity index (χ2v) is 6.93. The molecule has 1 N–H and O–H groups in total. The number of rotatable bonds is 4. The highest BCUT2D eigenvalue weighted by molar-refractivity contribution is 7.89. The van der Waals surface area contributed by atoms with Gasteiger partial charge in [0.15, 0.2) is 0 Å².